The van der Waals surface area contributed by atoms with Gasteiger partial charge in [-0.3, -0.25) is 0 Å². The van der Waals surface area contributed by atoms with Crippen LogP contribution in [0, 0.1) is 13.8 Å². The van der Waals surface area contributed by atoms with Gasteiger partial charge in [-0.25, -0.2) is 4.98 Å². The van der Waals surface area contributed by atoms with E-state index in [2.05, 4.69) is 47.3 Å². The van der Waals surface area contributed by atoms with Crippen LogP contribution in [-0.2, 0) is 0 Å². The first-order valence-electron chi connectivity index (χ1n) is 6.81. The molecule has 1 aromatic carbocycles. The predicted molar refractivity (Wildman–Crippen MR) is 81.7 cm³/mol. The number of hydrogen-bond donors (Lipinski definition) is 1. The van der Waals surface area contributed by atoms with Crippen molar-refractivity contribution >= 4 is 5.82 Å². The molecule has 0 saturated heterocycles. The third-order valence-corrected chi connectivity index (χ3v) is 3.16. The van der Waals surface area contributed by atoms with Gasteiger partial charge in [-0.15, -0.1) is 0 Å². The molecule has 0 saturated carbocycles. The van der Waals surface area contributed by atoms with Gasteiger partial charge in [0.15, 0.2) is 0 Å². The molecule has 1 N–H and O–H groups in total. The minimum Gasteiger partial charge on any atom is -0.439 e. The number of ether oxygens (including phenoxy) is 1. The Morgan fingerprint density at radius 1 is 1.10 bits per heavy atom. The highest BCUT2D eigenvalue weighted by Gasteiger charge is 2.08. The fraction of sp³-hybridized carbons (Fsp3) is 0.375. The molecule has 20 heavy (non-hydrogen) atoms. The highest BCUT2D eigenvalue weighted by molar-refractivity contribution is 5.43. The van der Waals surface area contributed by atoms with E-state index in [9.17, 15) is 0 Å². The first kappa shape index (κ1) is 14.3. The van der Waals surface area contributed by atoms with Crippen molar-refractivity contribution < 1.29 is 4.74 Å². The van der Waals surface area contributed by atoms with Crippen molar-refractivity contribution in [3.8, 4) is 11.6 Å². The molecule has 106 valence electrons. The summed E-state index contributed by atoms with van der Waals surface area (Å²) in [4.78, 5) is 8.58. The molecule has 2 rings (SSSR count). The minimum atomic E-state index is 0.470. The third-order valence-electron chi connectivity index (χ3n) is 3.16. The van der Waals surface area contributed by atoms with Gasteiger partial charge in [0.05, 0.1) is 0 Å². The smallest absolute Gasteiger partial charge is 0.224 e. The average molecular weight is 271 g/mol. The molecule has 0 bridgehead atoms. The summed E-state index contributed by atoms with van der Waals surface area (Å²) in [6, 6.07) is 8.10. The van der Waals surface area contributed by atoms with Crippen molar-refractivity contribution in [1.29, 1.82) is 0 Å². The number of nitrogens with one attached hydrogen (secondary N) is 1. The van der Waals surface area contributed by atoms with Gasteiger partial charge in [-0.1, -0.05) is 26.0 Å². The molecular formula is C16H21N3O. The summed E-state index contributed by atoms with van der Waals surface area (Å²) in [5, 5.41) is 3.01. The van der Waals surface area contributed by atoms with Crippen molar-refractivity contribution in [3.63, 3.8) is 0 Å². The zero-order valence-electron chi connectivity index (χ0n) is 12.7. The highest BCUT2D eigenvalue weighted by Crippen LogP contribution is 2.28. The molecule has 0 aliphatic carbocycles. The van der Waals surface area contributed by atoms with E-state index >= 15 is 0 Å². The molecule has 0 aliphatic rings. The Balaban J connectivity index is 2.34. The Hall–Kier alpha value is -2.10. The Bertz CT molecular complexity index is 609. The van der Waals surface area contributed by atoms with Crippen LogP contribution >= 0.6 is 0 Å². The van der Waals surface area contributed by atoms with Gasteiger partial charge < -0.3 is 10.1 Å². The Morgan fingerprint density at radius 3 is 2.50 bits per heavy atom. The third kappa shape index (κ3) is 3.26. The molecule has 4 nitrogen and oxygen atoms in total. The monoisotopic (exact) mass is 271 g/mol. The van der Waals surface area contributed by atoms with Crippen LogP contribution in [0.2, 0.25) is 0 Å². The molecule has 0 radical (unpaired) electrons. The standard InChI is InChI=1S/C16H21N3O/c1-10(2)13-7-6-11(3)14(8-13)20-16-9-15(17-5)18-12(4)19-16/h6-10H,1-5H3,(H,17,18,19). The maximum absolute atomic E-state index is 5.93. The van der Waals surface area contributed by atoms with Gasteiger partial charge in [-0.2, -0.15) is 4.98 Å². The van der Waals surface area contributed by atoms with Gasteiger partial charge in [0, 0.05) is 13.1 Å². The fourth-order valence-corrected chi connectivity index (χ4v) is 1.92. The second-order valence-corrected chi connectivity index (χ2v) is 5.17. The lowest BCUT2D eigenvalue weighted by Gasteiger charge is -2.12. The van der Waals surface area contributed by atoms with E-state index in [1.54, 1.807) is 6.07 Å². The summed E-state index contributed by atoms with van der Waals surface area (Å²) >= 11 is 0. The number of nitrogens with zero attached hydrogens (tertiary/aromatic N) is 2. The van der Waals surface area contributed by atoms with Crippen LogP contribution in [0.1, 0.15) is 36.7 Å². The van der Waals surface area contributed by atoms with Crippen LogP contribution in [0.15, 0.2) is 24.3 Å². The van der Waals surface area contributed by atoms with E-state index in [-0.39, 0.29) is 0 Å². The molecule has 4 heteroatoms. The molecular weight excluding hydrogens is 250 g/mol. The van der Waals surface area contributed by atoms with Gasteiger partial charge in [0.2, 0.25) is 5.88 Å². The van der Waals surface area contributed by atoms with E-state index in [4.69, 9.17) is 4.74 Å². The van der Waals surface area contributed by atoms with E-state index in [1.165, 1.54) is 5.56 Å². The van der Waals surface area contributed by atoms with Gasteiger partial charge in [0.25, 0.3) is 0 Å². The van der Waals surface area contributed by atoms with Gasteiger partial charge in [-0.05, 0) is 37.0 Å². The largest absolute Gasteiger partial charge is 0.439 e. The highest BCUT2D eigenvalue weighted by atomic mass is 16.5. The Labute approximate surface area is 120 Å². The number of hydrogen-bond acceptors (Lipinski definition) is 4. The zero-order valence-corrected chi connectivity index (χ0v) is 12.7. The van der Waals surface area contributed by atoms with Crippen molar-refractivity contribution in [1.82, 2.24) is 9.97 Å². The maximum atomic E-state index is 5.93. The summed E-state index contributed by atoms with van der Waals surface area (Å²) < 4.78 is 5.93. The summed E-state index contributed by atoms with van der Waals surface area (Å²) in [5.41, 5.74) is 2.35. The summed E-state index contributed by atoms with van der Waals surface area (Å²) in [6.07, 6.45) is 0. The van der Waals surface area contributed by atoms with E-state index < -0.39 is 0 Å². The Morgan fingerprint density at radius 2 is 1.85 bits per heavy atom. The molecule has 2 aromatic rings. The normalized spacial score (nSPS) is 10.7. The van der Waals surface area contributed by atoms with E-state index in [0.29, 0.717) is 17.6 Å². The van der Waals surface area contributed by atoms with Gasteiger partial charge >= 0.3 is 0 Å². The van der Waals surface area contributed by atoms with Crippen LogP contribution < -0.4 is 10.1 Å². The van der Waals surface area contributed by atoms with E-state index in [1.807, 2.05) is 20.9 Å². The first-order chi connectivity index (χ1) is 9.49. The zero-order chi connectivity index (χ0) is 14.7. The fourth-order valence-electron chi connectivity index (χ4n) is 1.92. The second-order valence-electron chi connectivity index (χ2n) is 5.17. The van der Waals surface area contributed by atoms with Crippen LogP contribution in [0.25, 0.3) is 0 Å². The summed E-state index contributed by atoms with van der Waals surface area (Å²) in [5.74, 6) is 3.31. The van der Waals surface area contributed by atoms with E-state index in [0.717, 1.165) is 17.1 Å². The molecule has 0 atom stereocenters. The van der Waals surface area contributed by atoms with Gasteiger partial charge in [0.1, 0.15) is 17.4 Å². The number of rotatable bonds is 4. The second kappa shape index (κ2) is 5.90. The van der Waals surface area contributed by atoms with Crippen molar-refractivity contribution in [2.75, 3.05) is 12.4 Å². The topological polar surface area (TPSA) is 47.0 Å². The van der Waals surface area contributed by atoms with Crippen LogP contribution in [-0.4, -0.2) is 17.0 Å². The summed E-state index contributed by atoms with van der Waals surface area (Å²) in [7, 11) is 1.83. The van der Waals surface area contributed by atoms with Crippen molar-refractivity contribution in [3.05, 3.63) is 41.2 Å². The first-order valence-corrected chi connectivity index (χ1v) is 6.81. The maximum Gasteiger partial charge on any atom is 0.224 e. The molecule has 0 spiro atoms. The lowest BCUT2D eigenvalue weighted by atomic mass is 10.0. The van der Waals surface area contributed by atoms with Crippen LogP contribution in [0.5, 0.6) is 11.6 Å². The van der Waals surface area contributed by atoms with Crippen molar-refractivity contribution in [2.45, 2.75) is 33.6 Å². The SMILES string of the molecule is CNc1cc(Oc2cc(C(C)C)ccc2C)nc(C)n1. The Kier molecular flexibility index (Phi) is 4.23. The van der Waals surface area contributed by atoms with Crippen molar-refractivity contribution in [2.24, 2.45) is 0 Å². The molecule has 0 aliphatic heterocycles. The lowest BCUT2D eigenvalue weighted by molar-refractivity contribution is 0.456. The minimum absolute atomic E-state index is 0.470. The molecule has 0 unspecified atom stereocenters. The molecule has 0 fully saturated rings. The molecule has 1 aromatic heterocycles. The quantitative estimate of drug-likeness (QED) is 0.911. The molecule has 0 amide bonds. The predicted octanol–water partition coefficient (Wildman–Crippen LogP) is 4.05. The summed E-state index contributed by atoms with van der Waals surface area (Å²) in [6.45, 7) is 8.22. The number of anilines is 1. The van der Waals surface area contributed by atoms with Crippen LogP contribution in [0.4, 0.5) is 5.82 Å². The number of benzene rings is 1. The number of aryl methyl sites for hydroxylation is 2. The molecule has 1 heterocycles. The lowest BCUT2D eigenvalue weighted by Crippen LogP contribution is -1.99. The average Bonchev–Trinajstić information content (AvgIpc) is 2.40. The number of aromatic nitrogens is 2. The van der Waals surface area contributed by atoms with Crippen LogP contribution in [0.3, 0.4) is 0 Å².